The molecule has 4 N–H and O–H groups in total. The third kappa shape index (κ3) is 9.43. The maximum Gasteiger partial charge on any atom is 0.213 e. The van der Waals surface area contributed by atoms with Gasteiger partial charge < -0.3 is 15.7 Å². The minimum Gasteiger partial charge on any atom is -0.383 e. The van der Waals surface area contributed by atoms with Gasteiger partial charge >= 0.3 is 0 Å². The van der Waals surface area contributed by atoms with E-state index >= 15 is 0 Å². The molecule has 10 heteroatoms. The van der Waals surface area contributed by atoms with Crippen LogP contribution in [-0.2, 0) is 22.2 Å². The minimum absolute atomic E-state index is 0. The van der Waals surface area contributed by atoms with Crippen molar-refractivity contribution in [2.45, 2.75) is 26.0 Å². The van der Waals surface area contributed by atoms with Gasteiger partial charge in [-0.3, -0.25) is 0 Å². The van der Waals surface area contributed by atoms with Crippen LogP contribution in [0.2, 0.25) is 0 Å². The van der Waals surface area contributed by atoms with E-state index in [2.05, 4.69) is 20.3 Å². The van der Waals surface area contributed by atoms with Crippen LogP contribution in [0.4, 0.5) is 0 Å². The van der Waals surface area contributed by atoms with Crippen LogP contribution in [-0.4, -0.2) is 44.9 Å². The first-order valence-corrected chi connectivity index (χ1v) is 11.7. The molecule has 0 saturated carbocycles. The molecule has 0 spiro atoms. The number of sulfonamides is 1. The standard InChI is InChI=1S/C19H28N4O3S2.HI/c1-3-20-18(22-15-19(2,24)17-9-11-27-14-17)21-10-12-28(25,26)23-13-16-7-5-4-6-8-16;/h4-9,11,14,23-24H,3,10,12-13,15H2,1-2H3,(H2,20,21,22);1H. The first-order chi connectivity index (χ1) is 13.3. The Bertz CT molecular complexity index is 842. The van der Waals surface area contributed by atoms with Crippen LogP contribution in [0.3, 0.4) is 0 Å². The number of hydrogen-bond donors (Lipinski definition) is 4. The average Bonchev–Trinajstić information content (AvgIpc) is 3.21. The Kier molecular flexibility index (Phi) is 11.1. The highest BCUT2D eigenvalue weighted by Gasteiger charge is 2.23. The van der Waals surface area contributed by atoms with Crippen molar-refractivity contribution in [3.05, 3.63) is 58.3 Å². The van der Waals surface area contributed by atoms with Crippen LogP contribution in [0.1, 0.15) is 25.0 Å². The number of halogens is 1. The Hall–Kier alpha value is -1.21. The highest BCUT2D eigenvalue weighted by Crippen LogP contribution is 2.23. The molecule has 1 unspecified atom stereocenters. The van der Waals surface area contributed by atoms with Gasteiger partial charge in [-0.25, -0.2) is 18.1 Å². The smallest absolute Gasteiger partial charge is 0.213 e. The van der Waals surface area contributed by atoms with Crippen molar-refractivity contribution in [1.29, 1.82) is 0 Å². The zero-order valence-electron chi connectivity index (χ0n) is 16.6. The van der Waals surface area contributed by atoms with Crippen molar-refractivity contribution < 1.29 is 13.5 Å². The van der Waals surface area contributed by atoms with E-state index < -0.39 is 15.6 Å². The van der Waals surface area contributed by atoms with Gasteiger partial charge in [-0.1, -0.05) is 30.3 Å². The molecule has 0 aliphatic heterocycles. The van der Waals surface area contributed by atoms with E-state index in [1.165, 1.54) is 11.3 Å². The number of rotatable bonds is 10. The summed E-state index contributed by atoms with van der Waals surface area (Å²) in [6, 6.07) is 11.2. The van der Waals surface area contributed by atoms with Crippen molar-refractivity contribution in [1.82, 2.24) is 15.4 Å². The predicted molar refractivity (Wildman–Crippen MR) is 130 cm³/mol. The second kappa shape index (κ2) is 12.5. The summed E-state index contributed by atoms with van der Waals surface area (Å²) in [6.07, 6.45) is 0. The number of nitrogens with zero attached hydrogens (tertiary/aromatic N) is 1. The van der Waals surface area contributed by atoms with Crippen LogP contribution in [0.5, 0.6) is 0 Å². The van der Waals surface area contributed by atoms with Crippen LogP contribution in [0, 0.1) is 0 Å². The van der Waals surface area contributed by atoms with Crippen molar-refractivity contribution in [3.63, 3.8) is 0 Å². The van der Waals surface area contributed by atoms with E-state index in [1.807, 2.05) is 54.1 Å². The Morgan fingerprint density at radius 3 is 2.55 bits per heavy atom. The maximum atomic E-state index is 12.2. The van der Waals surface area contributed by atoms with Crippen molar-refractivity contribution in [2.75, 3.05) is 25.4 Å². The zero-order valence-corrected chi connectivity index (χ0v) is 20.6. The lowest BCUT2D eigenvalue weighted by Crippen LogP contribution is -2.42. The van der Waals surface area contributed by atoms with Gasteiger partial charge in [0.25, 0.3) is 0 Å². The van der Waals surface area contributed by atoms with E-state index in [4.69, 9.17) is 0 Å². The van der Waals surface area contributed by atoms with Gasteiger partial charge in [-0.15, -0.1) is 24.0 Å². The summed E-state index contributed by atoms with van der Waals surface area (Å²) in [5.41, 5.74) is 0.639. The Morgan fingerprint density at radius 1 is 1.21 bits per heavy atom. The minimum atomic E-state index is -3.41. The summed E-state index contributed by atoms with van der Waals surface area (Å²) in [4.78, 5) is 4.39. The van der Waals surface area contributed by atoms with Gasteiger partial charge in [0.1, 0.15) is 5.60 Å². The van der Waals surface area contributed by atoms with Gasteiger partial charge in [-0.2, -0.15) is 11.3 Å². The van der Waals surface area contributed by atoms with Gasteiger partial charge in [-0.05, 0) is 41.8 Å². The molecule has 0 aliphatic rings. The third-order valence-corrected chi connectivity index (χ3v) is 6.04. The Labute approximate surface area is 194 Å². The number of thiophene rings is 1. The molecule has 0 aliphatic carbocycles. The number of nitrogens with one attached hydrogen (secondary N) is 3. The van der Waals surface area contributed by atoms with Gasteiger partial charge in [0, 0.05) is 19.6 Å². The largest absolute Gasteiger partial charge is 0.383 e. The van der Waals surface area contributed by atoms with Crippen molar-refractivity contribution in [2.24, 2.45) is 4.99 Å². The van der Waals surface area contributed by atoms with Crippen LogP contribution < -0.4 is 15.4 Å². The predicted octanol–water partition coefficient (Wildman–Crippen LogP) is 2.25. The first kappa shape index (κ1) is 25.8. The third-order valence-electron chi connectivity index (χ3n) is 4.03. The number of guanidine groups is 1. The SMILES string of the molecule is CCNC(=NCC(C)(O)c1ccsc1)NCCS(=O)(=O)NCc1ccccc1.I. The molecule has 1 aromatic heterocycles. The molecule has 0 saturated heterocycles. The lowest BCUT2D eigenvalue weighted by atomic mass is 10.00. The van der Waals surface area contributed by atoms with E-state index in [0.29, 0.717) is 12.5 Å². The summed E-state index contributed by atoms with van der Waals surface area (Å²) in [7, 11) is -3.41. The molecule has 1 heterocycles. The monoisotopic (exact) mass is 552 g/mol. The number of benzene rings is 1. The second-order valence-electron chi connectivity index (χ2n) is 6.53. The molecule has 0 amide bonds. The molecule has 162 valence electrons. The topological polar surface area (TPSA) is 103 Å². The Balaban J connectivity index is 0.00000420. The van der Waals surface area contributed by atoms with Crippen LogP contribution >= 0.6 is 35.3 Å². The quantitative estimate of drug-likeness (QED) is 0.206. The van der Waals surface area contributed by atoms with E-state index in [0.717, 1.165) is 11.1 Å². The molecule has 1 aromatic carbocycles. The maximum absolute atomic E-state index is 12.2. The molecular formula is C19H29IN4O3S2. The molecule has 1 atom stereocenters. The molecular weight excluding hydrogens is 523 g/mol. The highest BCUT2D eigenvalue weighted by atomic mass is 127. The molecule has 2 aromatic rings. The van der Waals surface area contributed by atoms with Gasteiger partial charge in [0.15, 0.2) is 5.96 Å². The summed E-state index contributed by atoms with van der Waals surface area (Å²) in [5.74, 6) is 0.391. The summed E-state index contributed by atoms with van der Waals surface area (Å²) in [5, 5.41) is 20.4. The lowest BCUT2D eigenvalue weighted by Gasteiger charge is -2.21. The fraction of sp³-hybridized carbons (Fsp3) is 0.421. The number of aliphatic imine (C=N–C) groups is 1. The van der Waals surface area contributed by atoms with E-state index in [1.54, 1.807) is 6.92 Å². The summed E-state index contributed by atoms with van der Waals surface area (Å²) in [6.45, 7) is 4.90. The molecule has 2 rings (SSSR count). The summed E-state index contributed by atoms with van der Waals surface area (Å²) < 4.78 is 26.9. The summed E-state index contributed by atoms with van der Waals surface area (Å²) >= 11 is 1.52. The molecule has 0 fully saturated rings. The second-order valence-corrected chi connectivity index (χ2v) is 9.24. The number of aliphatic hydroxyl groups is 1. The Morgan fingerprint density at radius 2 is 1.93 bits per heavy atom. The van der Waals surface area contributed by atoms with Crippen molar-refractivity contribution >= 4 is 51.3 Å². The first-order valence-electron chi connectivity index (χ1n) is 9.11. The highest BCUT2D eigenvalue weighted by molar-refractivity contribution is 14.0. The van der Waals surface area contributed by atoms with Crippen LogP contribution in [0.15, 0.2) is 52.2 Å². The molecule has 29 heavy (non-hydrogen) atoms. The lowest BCUT2D eigenvalue weighted by molar-refractivity contribution is 0.0677. The zero-order chi connectivity index (χ0) is 20.5. The molecule has 0 radical (unpaired) electrons. The van der Waals surface area contributed by atoms with E-state index in [-0.39, 0.29) is 49.4 Å². The van der Waals surface area contributed by atoms with Crippen molar-refractivity contribution in [3.8, 4) is 0 Å². The van der Waals surface area contributed by atoms with Gasteiger partial charge in [0.2, 0.25) is 10.0 Å². The molecule has 0 bridgehead atoms. The fourth-order valence-electron chi connectivity index (χ4n) is 2.40. The normalized spacial score (nSPS) is 14.0. The molecule has 7 nitrogen and oxygen atoms in total. The fourth-order valence-corrected chi connectivity index (χ4v) is 4.09. The van der Waals surface area contributed by atoms with Gasteiger partial charge in [0.05, 0.1) is 12.3 Å². The average molecular weight is 553 g/mol. The van der Waals surface area contributed by atoms with E-state index in [9.17, 15) is 13.5 Å². The number of hydrogen-bond acceptors (Lipinski definition) is 5. The van der Waals surface area contributed by atoms with Crippen LogP contribution in [0.25, 0.3) is 0 Å².